The average Bonchev–Trinajstić information content (AvgIpc) is 3.59. The molecule has 0 spiro atoms. The number of aliphatic hydroxyl groups excluding tert-OH is 1. The van der Waals surface area contributed by atoms with Gasteiger partial charge in [-0.3, -0.25) is 9.59 Å². The van der Waals surface area contributed by atoms with Gasteiger partial charge in [0.15, 0.2) is 0 Å². The van der Waals surface area contributed by atoms with E-state index in [1.54, 1.807) is 17.0 Å². The van der Waals surface area contributed by atoms with E-state index in [9.17, 15) is 14.7 Å². The molecule has 4 bridgehead atoms. The summed E-state index contributed by atoms with van der Waals surface area (Å²) < 4.78 is 11.6. The van der Waals surface area contributed by atoms with Crippen LogP contribution in [0.25, 0.3) is 0 Å². The standard InChI is InChI=1S/C29H33N3O5/c1-29(2)15-31(12-24(33)21-10-16-5-3-4-6-18(16)11-30-21)28(35)19-8-7-17(9-20(19)29)27(34)32-22-13-36-26-23(32)14-37-25(22)26/h3-9,21-26,30,33H,10-15H2,1-2H3/t21-,22?,23?,24?,25?,26?/m0/s1. The zero-order valence-electron chi connectivity index (χ0n) is 21.2. The number of rotatable bonds is 4. The summed E-state index contributed by atoms with van der Waals surface area (Å²) in [4.78, 5) is 30.8. The molecule has 7 rings (SSSR count). The predicted octanol–water partition coefficient (Wildman–Crippen LogP) is 1.49. The van der Waals surface area contributed by atoms with Gasteiger partial charge in [-0.15, -0.1) is 0 Å². The first-order valence-corrected chi connectivity index (χ1v) is 13.3. The van der Waals surface area contributed by atoms with Crippen LogP contribution in [0, 0.1) is 0 Å². The number of β-amino-alcohol motifs (C(OH)–C–C–N with tert-alkyl or cyclic N) is 1. The van der Waals surface area contributed by atoms with Crippen molar-refractivity contribution in [2.75, 3.05) is 26.3 Å². The van der Waals surface area contributed by atoms with Gasteiger partial charge in [0.1, 0.15) is 12.2 Å². The number of nitrogens with one attached hydrogen (secondary N) is 1. The molecule has 6 atom stereocenters. The first-order chi connectivity index (χ1) is 17.8. The van der Waals surface area contributed by atoms with Gasteiger partial charge in [0, 0.05) is 42.2 Å². The van der Waals surface area contributed by atoms with Crippen molar-refractivity contribution in [2.45, 2.75) is 68.7 Å². The van der Waals surface area contributed by atoms with Gasteiger partial charge >= 0.3 is 0 Å². The maximum Gasteiger partial charge on any atom is 0.254 e. The average molecular weight is 504 g/mol. The second-order valence-electron chi connectivity index (χ2n) is 11.8. The highest BCUT2D eigenvalue weighted by atomic mass is 16.6. The van der Waals surface area contributed by atoms with Crippen molar-refractivity contribution in [2.24, 2.45) is 0 Å². The first kappa shape index (κ1) is 23.3. The van der Waals surface area contributed by atoms with Crippen LogP contribution < -0.4 is 5.32 Å². The lowest BCUT2D eigenvalue weighted by Crippen LogP contribution is -2.54. The molecule has 8 nitrogen and oxygen atoms in total. The highest BCUT2D eigenvalue weighted by Crippen LogP contribution is 2.42. The van der Waals surface area contributed by atoms with E-state index in [-0.39, 0.29) is 54.1 Å². The molecule has 37 heavy (non-hydrogen) atoms. The van der Waals surface area contributed by atoms with E-state index >= 15 is 0 Å². The van der Waals surface area contributed by atoms with Gasteiger partial charge in [-0.25, -0.2) is 0 Å². The lowest BCUT2D eigenvalue weighted by Gasteiger charge is -2.42. The third kappa shape index (κ3) is 3.57. The molecule has 0 aromatic heterocycles. The molecule has 2 aromatic rings. The van der Waals surface area contributed by atoms with Crippen molar-refractivity contribution in [3.63, 3.8) is 0 Å². The van der Waals surface area contributed by atoms with Crippen LogP contribution in [0.15, 0.2) is 42.5 Å². The zero-order chi connectivity index (χ0) is 25.5. The minimum atomic E-state index is -0.680. The van der Waals surface area contributed by atoms with E-state index in [2.05, 4.69) is 31.3 Å². The number of hydrogen-bond donors (Lipinski definition) is 2. The van der Waals surface area contributed by atoms with Crippen molar-refractivity contribution in [3.8, 4) is 0 Å². The molecule has 5 aliphatic rings. The van der Waals surface area contributed by atoms with E-state index in [1.165, 1.54) is 11.1 Å². The lowest BCUT2D eigenvalue weighted by atomic mass is 9.77. The molecule has 194 valence electrons. The van der Waals surface area contributed by atoms with E-state index in [0.29, 0.717) is 30.9 Å². The molecule has 2 N–H and O–H groups in total. The van der Waals surface area contributed by atoms with Gasteiger partial charge in [-0.1, -0.05) is 38.1 Å². The third-order valence-corrected chi connectivity index (χ3v) is 9.03. The molecule has 3 fully saturated rings. The molecule has 8 heteroatoms. The van der Waals surface area contributed by atoms with Crippen LogP contribution in [0.1, 0.15) is 51.3 Å². The first-order valence-electron chi connectivity index (χ1n) is 13.3. The zero-order valence-corrected chi connectivity index (χ0v) is 21.2. The highest BCUT2D eigenvalue weighted by Gasteiger charge is 2.61. The van der Waals surface area contributed by atoms with Crippen LogP contribution >= 0.6 is 0 Å². The molecule has 2 aromatic carbocycles. The smallest absolute Gasteiger partial charge is 0.254 e. The molecule has 5 unspecified atom stereocenters. The normalized spacial score (nSPS) is 31.9. The fraction of sp³-hybridized carbons (Fsp3) is 0.517. The summed E-state index contributed by atoms with van der Waals surface area (Å²) in [6.07, 6.45) is 0.0237. The summed E-state index contributed by atoms with van der Waals surface area (Å²) >= 11 is 0. The Balaban J connectivity index is 1.09. The monoisotopic (exact) mass is 503 g/mol. The van der Waals surface area contributed by atoms with Crippen molar-refractivity contribution in [1.29, 1.82) is 0 Å². The second kappa shape index (κ2) is 8.36. The van der Waals surface area contributed by atoms with Crippen molar-refractivity contribution in [3.05, 3.63) is 70.3 Å². The van der Waals surface area contributed by atoms with Gasteiger partial charge in [-0.05, 0) is 41.3 Å². The number of likely N-dealkylation sites (tertiary alicyclic amines) is 1. The van der Waals surface area contributed by atoms with Crippen LogP contribution in [0.4, 0.5) is 0 Å². The van der Waals surface area contributed by atoms with E-state index in [0.717, 1.165) is 18.5 Å². The van der Waals surface area contributed by atoms with E-state index in [1.807, 2.05) is 23.1 Å². The van der Waals surface area contributed by atoms with Crippen molar-refractivity contribution < 1.29 is 24.2 Å². The Labute approximate surface area is 216 Å². The van der Waals surface area contributed by atoms with Crippen molar-refractivity contribution in [1.82, 2.24) is 15.1 Å². The van der Waals surface area contributed by atoms with Gasteiger partial charge in [-0.2, -0.15) is 0 Å². The summed E-state index contributed by atoms with van der Waals surface area (Å²) in [6, 6.07) is 13.6. The summed E-state index contributed by atoms with van der Waals surface area (Å²) in [6.45, 7) is 6.70. The number of fused-ring (bicyclic) bond motifs is 2. The molecule has 0 saturated carbocycles. The lowest BCUT2D eigenvalue weighted by molar-refractivity contribution is -0.0280. The minimum absolute atomic E-state index is 0.0124. The molecule has 5 aliphatic heterocycles. The molecule has 0 aliphatic carbocycles. The molecule has 5 heterocycles. The van der Waals surface area contributed by atoms with Crippen LogP contribution in [0.3, 0.4) is 0 Å². The van der Waals surface area contributed by atoms with Gasteiger partial charge in [0.2, 0.25) is 0 Å². The Kier molecular flexibility index (Phi) is 5.28. The van der Waals surface area contributed by atoms with Gasteiger partial charge in [0.25, 0.3) is 11.8 Å². The third-order valence-electron chi connectivity index (χ3n) is 9.03. The fourth-order valence-electron chi connectivity index (χ4n) is 7.11. The summed E-state index contributed by atoms with van der Waals surface area (Å²) in [5, 5.41) is 14.5. The topological polar surface area (TPSA) is 91.3 Å². The summed E-state index contributed by atoms with van der Waals surface area (Å²) in [5.74, 6) is -0.105. The minimum Gasteiger partial charge on any atom is -0.390 e. The van der Waals surface area contributed by atoms with Gasteiger partial charge in [0.05, 0.1) is 31.4 Å². The van der Waals surface area contributed by atoms with Gasteiger partial charge < -0.3 is 29.7 Å². The number of carbonyl (C=O) groups excluding carboxylic acids is 2. The molecule has 0 radical (unpaired) electrons. The summed E-state index contributed by atoms with van der Waals surface area (Å²) in [7, 11) is 0. The number of hydrogen-bond acceptors (Lipinski definition) is 6. The Bertz CT molecular complexity index is 1260. The molecule has 2 amide bonds. The number of amides is 2. The number of ether oxygens (including phenoxy) is 2. The highest BCUT2D eigenvalue weighted by molar-refractivity contribution is 6.01. The van der Waals surface area contributed by atoms with Crippen LogP contribution in [0.5, 0.6) is 0 Å². The predicted molar refractivity (Wildman–Crippen MR) is 135 cm³/mol. The summed E-state index contributed by atoms with van der Waals surface area (Å²) in [5.41, 5.74) is 4.25. The maximum atomic E-state index is 13.6. The number of nitrogens with zero attached hydrogens (tertiary/aromatic N) is 2. The maximum absolute atomic E-state index is 13.6. The molecular formula is C29H33N3O5. The van der Waals surface area contributed by atoms with Crippen LogP contribution in [-0.2, 0) is 27.9 Å². The fourth-order valence-corrected chi connectivity index (χ4v) is 7.11. The quantitative estimate of drug-likeness (QED) is 0.657. The Hall–Kier alpha value is -2.78. The number of aliphatic hydroxyl groups is 1. The number of carbonyl (C=O) groups is 2. The molecule has 3 saturated heterocycles. The van der Waals surface area contributed by atoms with Crippen molar-refractivity contribution >= 4 is 11.8 Å². The Morgan fingerprint density at radius 3 is 2.54 bits per heavy atom. The molecular weight excluding hydrogens is 470 g/mol. The van der Waals surface area contributed by atoms with E-state index < -0.39 is 6.10 Å². The number of morpholine rings is 2. The SMILES string of the molecule is CC1(C)CN(CC(O)[C@@H]2Cc3ccccc3CN2)C(=O)c2ccc(C(=O)N3C4COC5C4OCC53)cc21. The largest absolute Gasteiger partial charge is 0.390 e. The second-order valence-corrected chi connectivity index (χ2v) is 11.8. The Morgan fingerprint density at radius 1 is 1.11 bits per heavy atom. The van der Waals surface area contributed by atoms with E-state index in [4.69, 9.17) is 9.47 Å². The van der Waals surface area contributed by atoms with Crippen LogP contribution in [-0.4, -0.2) is 89.5 Å². The Morgan fingerprint density at radius 2 is 1.81 bits per heavy atom. The van der Waals surface area contributed by atoms with Crippen LogP contribution in [0.2, 0.25) is 0 Å². The number of benzene rings is 2.